The van der Waals surface area contributed by atoms with E-state index in [0.29, 0.717) is 48.4 Å². The molecule has 2 amide bonds. The minimum atomic E-state index is -0.0441. The summed E-state index contributed by atoms with van der Waals surface area (Å²) in [5.74, 6) is -0.0292. The van der Waals surface area contributed by atoms with Crippen molar-refractivity contribution in [2.75, 3.05) is 26.2 Å². The number of piperazine rings is 1. The molecule has 1 aliphatic rings. The molecule has 0 saturated carbocycles. The van der Waals surface area contributed by atoms with Crippen molar-refractivity contribution in [3.05, 3.63) is 65.5 Å². The molecule has 6 heteroatoms. The maximum Gasteiger partial charge on any atom is 0.254 e. The number of nitrogens with zero attached hydrogens (tertiary/aromatic N) is 3. The first-order chi connectivity index (χ1) is 12.6. The molecule has 1 aromatic heterocycles. The topological polar surface area (TPSA) is 66.7 Å². The van der Waals surface area contributed by atoms with Crippen molar-refractivity contribution in [1.29, 1.82) is 0 Å². The van der Waals surface area contributed by atoms with Crippen molar-refractivity contribution < 1.29 is 14.0 Å². The Morgan fingerprint density at radius 3 is 2.12 bits per heavy atom. The second kappa shape index (κ2) is 6.63. The van der Waals surface area contributed by atoms with Crippen molar-refractivity contribution in [3.8, 4) is 0 Å². The molecule has 2 aromatic carbocycles. The van der Waals surface area contributed by atoms with Crippen LogP contribution in [0, 0.1) is 6.92 Å². The molecular formula is C20H19N3O3. The van der Waals surface area contributed by atoms with Gasteiger partial charge in [0.25, 0.3) is 11.8 Å². The molecule has 6 nitrogen and oxygen atoms in total. The molecule has 26 heavy (non-hydrogen) atoms. The number of aryl methyl sites for hydroxylation is 1. The van der Waals surface area contributed by atoms with Crippen molar-refractivity contribution in [2.45, 2.75) is 6.92 Å². The summed E-state index contributed by atoms with van der Waals surface area (Å²) in [6, 6.07) is 12.8. The SMILES string of the molecule is Cc1ccc(C(=O)N2CCN(C(=O)c3ccc4ocnc4c3)CC2)cc1. The lowest BCUT2D eigenvalue weighted by atomic mass is 10.1. The van der Waals surface area contributed by atoms with E-state index in [4.69, 9.17) is 4.42 Å². The van der Waals surface area contributed by atoms with Crippen LogP contribution in [0.15, 0.2) is 53.3 Å². The highest BCUT2D eigenvalue weighted by molar-refractivity contribution is 5.97. The van der Waals surface area contributed by atoms with Crippen molar-refractivity contribution in [3.63, 3.8) is 0 Å². The average molecular weight is 349 g/mol. The third-order valence-electron chi connectivity index (χ3n) is 4.73. The van der Waals surface area contributed by atoms with Crippen LogP contribution < -0.4 is 0 Å². The zero-order chi connectivity index (χ0) is 18.1. The average Bonchev–Trinajstić information content (AvgIpc) is 3.15. The van der Waals surface area contributed by atoms with Gasteiger partial charge in [-0.15, -0.1) is 0 Å². The van der Waals surface area contributed by atoms with Gasteiger partial charge in [0.05, 0.1) is 0 Å². The first kappa shape index (κ1) is 16.3. The van der Waals surface area contributed by atoms with Crippen molar-refractivity contribution in [2.24, 2.45) is 0 Å². The van der Waals surface area contributed by atoms with Crippen LogP contribution in [-0.2, 0) is 0 Å². The number of rotatable bonds is 2. The van der Waals surface area contributed by atoms with Crippen LogP contribution in [0.5, 0.6) is 0 Å². The molecule has 132 valence electrons. The smallest absolute Gasteiger partial charge is 0.254 e. The number of carbonyl (C=O) groups is 2. The molecule has 1 fully saturated rings. The van der Waals surface area contributed by atoms with Gasteiger partial charge in [-0.2, -0.15) is 0 Å². The fourth-order valence-electron chi connectivity index (χ4n) is 3.16. The summed E-state index contributed by atoms with van der Waals surface area (Å²) >= 11 is 0. The van der Waals surface area contributed by atoms with Gasteiger partial charge in [-0.25, -0.2) is 4.98 Å². The Labute approximate surface area is 151 Å². The van der Waals surface area contributed by atoms with Crippen LogP contribution in [0.2, 0.25) is 0 Å². The first-order valence-corrected chi connectivity index (χ1v) is 8.60. The number of fused-ring (bicyclic) bond motifs is 1. The number of carbonyl (C=O) groups excluding carboxylic acids is 2. The molecule has 0 unspecified atom stereocenters. The molecule has 0 N–H and O–H groups in total. The van der Waals surface area contributed by atoms with Crippen LogP contribution >= 0.6 is 0 Å². The third-order valence-corrected chi connectivity index (χ3v) is 4.73. The van der Waals surface area contributed by atoms with E-state index in [-0.39, 0.29) is 11.8 Å². The zero-order valence-electron chi connectivity index (χ0n) is 14.5. The molecule has 3 aromatic rings. The summed E-state index contributed by atoms with van der Waals surface area (Å²) in [6.07, 6.45) is 1.37. The highest BCUT2D eigenvalue weighted by Gasteiger charge is 2.25. The van der Waals surface area contributed by atoms with Crippen LogP contribution in [0.1, 0.15) is 26.3 Å². The summed E-state index contributed by atoms with van der Waals surface area (Å²) in [5.41, 5.74) is 3.73. The number of oxazole rings is 1. The van der Waals surface area contributed by atoms with Gasteiger partial charge in [0.1, 0.15) is 5.52 Å². The maximum atomic E-state index is 12.7. The Morgan fingerprint density at radius 1 is 0.885 bits per heavy atom. The van der Waals surface area contributed by atoms with E-state index in [2.05, 4.69) is 4.98 Å². The summed E-state index contributed by atoms with van der Waals surface area (Å²) in [6.45, 7) is 4.10. The first-order valence-electron chi connectivity index (χ1n) is 8.60. The van der Waals surface area contributed by atoms with E-state index >= 15 is 0 Å². The molecule has 1 saturated heterocycles. The van der Waals surface area contributed by atoms with Gasteiger partial charge in [0.2, 0.25) is 0 Å². The summed E-state index contributed by atoms with van der Waals surface area (Å²) in [5, 5.41) is 0. The second-order valence-corrected chi connectivity index (χ2v) is 6.49. The Morgan fingerprint density at radius 2 is 1.46 bits per heavy atom. The van der Waals surface area contributed by atoms with Gasteiger partial charge >= 0.3 is 0 Å². The van der Waals surface area contributed by atoms with E-state index in [1.165, 1.54) is 6.39 Å². The van der Waals surface area contributed by atoms with Crippen LogP contribution in [0.3, 0.4) is 0 Å². The largest absolute Gasteiger partial charge is 0.443 e. The summed E-state index contributed by atoms with van der Waals surface area (Å²) < 4.78 is 5.21. The quantitative estimate of drug-likeness (QED) is 0.713. The lowest BCUT2D eigenvalue weighted by Crippen LogP contribution is -2.50. The predicted octanol–water partition coefficient (Wildman–Crippen LogP) is 2.73. The van der Waals surface area contributed by atoms with E-state index in [1.54, 1.807) is 28.0 Å². The van der Waals surface area contributed by atoms with Gasteiger partial charge in [-0.3, -0.25) is 9.59 Å². The van der Waals surface area contributed by atoms with Crippen LogP contribution in [-0.4, -0.2) is 52.8 Å². The number of aromatic nitrogens is 1. The van der Waals surface area contributed by atoms with Crippen molar-refractivity contribution >= 4 is 22.9 Å². The molecular weight excluding hydrogens is 330 g/mol. The maximum absolute atomic E-state index is 12.7. The minimum absolute atomic E-state index is 0.0149. The molecule has 0 aliphatic carbocycles. The molecule has 4 rings (SSSR count). The normalized spacial score (nSPS) is 14.7. The van der Waals surface area contributed by atoms with Gasteiger partial charge in [-0.05, 0) is 37.3 Å². The second-order valence-electron chi connectivity index (χ2n) is 6.49. The molecule has 1 aliphatic heterocycles. The van der Waals surface area contributed by atoms with Crippen molar-refractivity contribution in [1.82, 2.24) is 14.8 Å². The lowest BCUT2D eigenvalue weighted by molar-refractivity contribution is 0.0535. The number of hydrogen-bond acceptors (Lipinski definition) is 4. The predicted molar refractivity (Wildman–Crippen MR) is 97.0 cm³/mol. The summed E-state index contributed by atoms with van der Waals surface area (Å²) in [7, 11) is 0. The Kier molecular flexibility index (Phi) is 4.16. The fourth-order valence-corrected chi connectivity index (χ4v) is 3.16. The van der Waals surface area contributed by atoms with Gasteiger partial charge < -0.3 is 14.2 Å². The molecule has 0 spiro atoms. The molecule has 0 bridgehead atoms. The standard InChI is InChI=1S/C20H19N3O3/c1-14-2-4-15(5-3-14)19(24)22-8-10-23(11-9-22)20(25)16-6-7-18-17(12-16)21-13-26-18/h2-7,12-13H,8-11H2,1H3. The third kappa shape index (κ3) is 3.06. The fraction of sp³-hybridized carbons (Fsp3) is 0.250. The minimum Gasteiger partial charge on any atom is -0.443 e. The Bertz CT molecular complexity index is 954. The molecule has 0 atom stereocenters. The lowest BCUT2D eigenvalue weighted by Gasteiger charge is -2.34. The Hall–Kier alpha value is -3.15. The number of hydrogen-bond donors (Lipinski definition) is 0. The van der Waals surface area contributed by atoms with Gasteiger partial charge in [0, 0.05) is 37.3 Å². The monoisotopic (exact) mass is 349 g/mol. The number of benzene rings is 2. The van der Waals surface area contributed by atoms with Crippen LogP contribution in [0.4, 0.5) is 0 Å². The Balaban J connectivity index is 1.41. The highest BCUT2D eigenvalue weighted by Crippen LogP contribution is 2.17. The number of amides is 2. The van der Waals surface area contributed by atoms with Crippen LogP contribution in [0.25, 0.3) is 11.1 Å². The molecule has 0 radical (unpaired) electrons. The van der Waals surface area contributed by atoms with E-state index in [0.717, 1.165) is 5.56 Å². The van der Waals surface area contributed by atoms with E-state index < -0.39 is 0 Å². The summed E-state index contributed by atoms with van der Waals surface area (Å²) in [4.78, 5) is 33.0. The molecule has 2 heterocycles. The van der Waals surface area contributed by atoms with E-state index in [1.807, 2.05) is 31.2 Å². The van der Waals surface area contributed by atoms with Gasteiger partial charge in [0.15, 0.2) is 12.0 Å². The highest BCUT2D eigenvalue weighted by atomic mass is 16.3. The zero-order valence-corrected chi connectivity index (χ0v) is 14.5. The van der Waals surface area contributed by atoms with E-state index in [9.17, 15) is 9.59 Å². The van der Waals surface area contributed by atoms with Gasteiger partial charge in [-0.1, -0.05) is 17.7 Å².